The van der Waals surface area contributed by atoms with Crippen LogP contribution in [0.5, 0.6) is 0 Å². The molecule has 4 N–H and O–H groups in total. The number of carbonyl (C=O) groups excluding carboxylic acids is 1. The number of likely N-dealkylation sites (tertiary alicyclic amines) is 1. The zero-order valence-corrected chi connectivity index (χ0v) is 11.9. The first-order valence-electron chi connectivity index (χ1n) is 7.02. The van der Waals surface area contributed by atoms with Gasteiger partial charge in [-0.25, -0.2) is 0 Å². The van der Waals surface area contributed by atoms with Crippen LogP contribution in [0.1, 0.15) is 25.3 Å². The molecule has 0 aromatic heterocycles. The first-order chi connectivity index (χ1) is 9.48. The van der Waals surface area contributed by atoms with E-state index in [4.69, 9.17) is 5.73 Å². The predicted molar refractivity (Wildman–Crippen MR) is 79.3 cm³/mol. The molecule has 0 spiro atoms. The SMILES string of the molecule is CC1(O)CCN(CC(=O)Nc2cccc(CN)c2)CC1. The van der Waals surface area contributed by atoms with Crippen molar-refractivity contribution in [3.63, 3.8) is 0 Å². The maximum Gasteiger partial charge on any atom is 0.238 e. The van der Waals surface area contributed by atoms with E-state index in [0.717, 1.165) is 24.3 Å². The molecule has 1 fully saturated rings. The fourth-order valence-corrected chi connectivity index (χ4v) is 2.37. The van der Waals surface area contributed by atoms with Crippen LogP contribution in [0.15, 0.2) is 24.3 Å². The van der Waals surface area contributed by atoms with E-state index >= 15 is 0 Å². The number of aliphatic hydroxyl groups is 1. The Morgan fingerprint density at radius 3 is 2.80 bits per heavy atom. The molecule has 20 heavy (non-hydrogen) atoms. The molecular formula is C15H23N3O2. The molecule has 0 radical (unpaired) electrons. The minimum absolute atomic E-state index is 0.0271. The molecular weight excluding hydrogens is 254 g/mol. The molecule has 1 aromatic carbocycles. The maximum absolute atomic E-state index is 12.0. The van der Waals surface area contributed by atoms with Crippen molar-refractivity contribution in [2.75, 3.05) is 25.0 Å². The fraction of sp³-hybridized carbons (Fsp3) is 0.533. The van der Waals surface area contributed by atoms with Gasteiger partial charge >= 0.3 is 0 Å². The van der Waals surface area contributed by atoms with Gasteiger partial charge in [0, 0.05) is 25.3 Å². The summed E-state index contributed by atoms with van der Waals surface area (Å²) in [5.74, 6) is -0.0271. The maximum atomic E-state index is 12.0. The van der Waals surface area contributed by atoms with Crippen molar-refractivity contribution in [3.8, 4) is 0 Å². The topological polar surface area (TPSA) is 78.6 Å². The van der Waals surface area contributed by atoms with E-state index in [1.807, 2.05) is 31.2 Å². The van der Waals surface area contributed by atoms with Crippen LogP contribution in [0.3, 0.4) is 0 Å². The first-order valence-corrected chi connectivity index (χ1v) is 7.02. The molecule has 1 aliphatic rings. The lowest BCUT2D eigenvalue weighted by atomic mass is 9.94. The Labute approximate surface area is 119 Å². The van der Waals surface area contributed by atoms with Gasteiger partial charge in [-0.05, 0) is 37.5 Å². The molecule has 2 rings (SSSR count). The van der Waals surface area contributed by atoms with Gasteiger partial charge in [-0.1, -0.05) is 12.1 Å². The third-order valence-corrected chi connectivity index (χ3v) is 3.75. The second-order valence-electron chi connectivity index (χ2n) is 5.73. The van der Waals surface area contributed by atoms with Crippen LogP contribution >= 0.6 is 0 Å². The van der Waals surface area contributed by atoms with E-state index in [0.29, 0.717) is 25.9 Å². The number of piperidine rings is 1. The molecule has 1 heterocycles. The summed E-state index contributed by atoms with van der Waals surface area (Å²) in [6.45, 7) is 4.18. The number of rotatable bonds is 4. The van der Waals surface area contributed by atoms with Crippen LogP contribution in [-0.4, -0.2) is 41.1 Å². The van der Waals surface area contributed by atoms with Crippen molar-refractivity contribution in [1.29, 1.82) is 0 Å². The summed E-state index contributed by atoms with van der Waals surface area (Å²) < 4.78 is 0. The fourth-order valence-electron chi connectivity index (χ4n) is 2.37. The highest BCUT2D eigenvalue weighted by Crippen LogP contribution is 2.20. The van der Waals surface area contributed by atoms with E-state index in [1.165, 1.54) is 0 Å². The molecule has 0 aliphatic carbocycles. The molecule has 1 amide bonds. The Balaban J connectivity index is 1.83. The van der Waals surface area contributed by atoms with Gasteiger partial charge in [-0.15, -0.1) is 0 Å². The highest BCUT2D eigenvalue weighted by atomic mass is 16.3. The summed E-state index contributed by atoms with van der Waals surface area (Å²) >= 11 is 0. The minimum atomic E-state index is -0.581. The van der Waals surface area contributed by atoms with Crippen molar-refractivity contribution >= 4 is 11.6 Å². The summed E-state index contributed by atoms with van der Waals surface area (Å²) in [6, 6.07) is 7.56. The number of anilines is 1. The number of amides is 1. The number of carbonyl (C=O) groups is 1. The normalized spacial score (nSPS) is 18.8. The first kappa shape index (κ1) is 15.0. The molecule has 5 nitrogen and oxygen atoms in total. The van der Waals surface area contributed by atoms with Gasteiger partial charge in [0.15, 0.2) is 0 Å². The average molecular weight is 277 g/mol. The smallest absolute Gasteiger partial charge is 0.238 e. The molecule has 1 saturated heterocycles. The summed E-state index contributed by atoms with van der Waals surface area (Å²) in [7, 11) is 0. The standard InChI is InChI=1S/C15H23N3O2/c1-15(20)5-7-18(8-6-15)11-14(19)17-13-4-2-3-12(9-13)10-16/h2-4,9,20H,5-8,10-11,16H2,1H3,(H,17,19). The lowest BCUT2D eigenvalue weighted by Crippen LogP contribution is -2.45. The summed E-state index contributed by atoms with van der Waals surface area (Å²) in [4.78, 5) is 14.1. The van der Waals surface area contributed by atoms with Crippen LogP contribution in [0.2, 0.25) is 0 Å². The third-order valence-electron chi connectivity index (χ3n) is 3.75. The van der Waals surface area contributed by atoms with Crippen LogP contribution in [0.25, 0.3) is 0 Å². The highest BCUT2D eigenvalue weighted by molar-refractivity contribution is 5.92. The van der Waals surface area contributed by atoms with Crippen molar-refractivity contribution in [2.24, 2.45) is 5.73 Å². The summed E-state index contributed by atoms with van der Waals surface area (Å²) in [5.41, 5.74) is 6.78. The van der Waals surface area contributed by atoms with E-state index in [2.05, 4.69) is 10.2 Å². The molecule has 0 unspecified atom stereocenters. The second kappa shape index (κ2) is 6.35. The van der Waals surface area contributed by atoms with Gasteiger partial charge in [-0.2, -0.15) is 0 Å². The van der Waals surface area contributed by atoms with E-state index < -0.39 is 5.60 Å². The zero-order chi connectivity index (χ0) is 14.6. The molecule has 0 saturated carbocycles. The Morgan fingerprint density at radius 1 is 1.45 bits per heavy atom. The summed E-state index contributed by atoms with van der Waals surface area (Å²) in [6.07, 6.45) is 1.42. The van der Waals surface area contributed by atoms with Crippen molar-refractivity contribution in [2.45, 2.75) is 31.9 Å². The predicted octanol–water partition coefficient (Wildman–Crippen LogP) is 0.931. The van der Waals surface area contributed by atoms with Gasteiger partial charge in [0.2, 0.25) is 5.91 Å². The van der Waals surface area contributed by atoms with Crippen molar-refractivity contribution < 1.29 is 9.90 Å². The monoisotopic (exact) mass is 277 g/mol. The molecule has 1 aliphatic heterocycles. The Kier molecular flexibility index (Phi) is 4.75. The van der Waals surface area contributed by atoms with E-state index in [1.54, 1.807) is 0 Å². The molecule has 110 valence electrons. The lowest BCUT2D eigenvalue weighted by Gasteiger charge is -2.35. The Morgan fingerprint density at radius 2 is 2.15 bits per heavy atom. The molecule has 0 bridgehead atoms. The number of benzene rings is 1. The van der Waals surface area contributed by atoms with Crippen LogP contribution in [0, 0.1) is 0 Å². The zero-order valence-electron chi connectivity index (χ0n) is 11.9. The van der Waals surface area contributed by atoms with Crippen LogP contribution < -0.4 is 11.1 Å². The average Bonchev–Trinajstić information content (AvgIpc) is 2.41. The summed E-state index contributed by atoms with van der Waals surface area (Å²) in [5, 5.41) is 12.8. The van der Waals surface area contributed by atoms with E-state index in [9.17, 15) is 9.90 Å². The van der Waals surface area contributed by atoms with Crippen LogP contribution in [0.4, 0.5) is 5.69 Å². The van der Waals surface area contributed by atoms with Gasteiger partial charge in [0.05, 0.1) is 12.1 Å². The van der Waals surface area contributed by atoms with Gasteiger partial charge in [-0.3, -0.25) is 9.69 Å². The third kappa shape index (κ3) is 4.30. The van der Waals surface area contributed by atoms with Crippen molar-refractivity contribution in [1.82, 2.24) is 4.90 Å². The highest BCUT2D eigenvalue weighted by Gasteiger charge is 2.27. The number of hydrogen-bond donors (Lipinski definition) is 3. The minimum Gasteiger partial charge on any atom is -0.390 e. The number of nitrogens with zero attached hydrogens (tertiary/aromatic N) is 1. The second-order valence-corrected chi connectivity index (χ2v) is 5.73. The number of nitrogens with two attached hydrogens (primary N) is 1. The van der Waals surface area contributed by atoms with Gasteiger partial charge in [0.25, 0.3) is 0 Å². The molecule has 0 atom stereocenters. The number of nitrogens with one attached hydrogen (secondary N) is 1. The Hall–Kier alpha value is -1.43. The quantitative estimate of drug-likeness (QED) is 0.765. The van der Waals surface area contributed by atoms with Crippen LogP contribution in [-0.2, 0) is 11.3 Å². The van der Waals surface area contributed by atoms with Crippen molar-refractivity contribution in [3.05, 3.63) is 29.8 Å². The van der Waals surface area contributed by atoms with E-state index in [-0.39, 0.29) is 5.91 Å². The lowest BCUT2D eigenvalue weighted by molar-refractivity contribution is -0.118. The number of hydrogen-bond acceptors (Lipinski definition) is 4. The van der Waals surface area contributed by atoms with Gasteiger partial charge in [0.1, 0.15) is 0 Å². The largest absolute Gasteiger partial charge is 0.390 e. The van der Waals surface area contributed by atoms with Gasteiger partial charge < -0.3 is 16.2 Å². The Bertz CT molecular complexity index is 464. The molecule has 1 aromatic rings. The molecule has 5 heteroatoms.